The molecule has 2 aromatic carbocycles. The maximum atomic E-state index is 5.61. The van der Waals surface area contributed by atoms with Gasteiger partial charge in [-0.1, -0.05) is 58.0 Å². The minimum absolute atomic E-state index is 0.411. The molecule has 0 saturated heterocycles. The smallest absolute Gasteiger partial charge is 0.140 e. The van der Waals surface area contributed by atoms with Crippen molar-refractivity contribution in [1.82, 2.24) is 5.09 Å². The van der Waals surface area contributed by atoms with Crippen LogP contribution >= 0.6 is 8.07 Å². The number of rotatable bonds is 6. The fourth-order valence-corrected chi connectivity index (χ4v) is 5.18. The van der Waals surface area contributed by atoms with Gasteiger partial charge in [0.1, 0.15) is 11.6 Å². The zero-order valence-corrected chi connectivity index (χ0v) is 17.9. The van der Waals surface area contributed by atoms with Gasteiger partial charge in [0.15, 0.2) is 0 Å². The van der Waals surface area contributed by atoms with Crippen molar-refractivity contribution in [3.8, 4) is 5.75 Å². The third-order valence-electron chi connectivity index (χ3n) is 4.37. The Morgan fingerprint density at radius 3 is 2.04 bits per heavy atom. The van der Waals surface area contributed by atoms with Crippen molar-refractivity contribution in [2.75, 3.05) is 7.11 Å². The second-order valence-electron chi connectivity index (χ2n) is 7.11. The van der Waals surface area contributed by atoms with E-state index in [9.17, 15) is 0 Å². The summed E-state index contributed by atoms with van der Waals surface area (Å²) in [6.07, 6.45) is 0. The van der Waals surface area contributed by atoms with Crippen molar-refractivity contribution in [3.63, 3.8) is 0 Å². The van der Waals surface area contributed by atoms with Crippen LogP contribution in [0, 0.1) is 13.8 Å². The first-order chi connectivity index (χ1) is 12.3. The van der Waals surface area contributed by atoms with Gasteiger partial charge in [0.05, 0.1) is 18.4 Å². The summed E-state index contributed by atoms with van der Waals surface area (Å²) < 4.78 is 5.61. The molecule has 0 saturated carbocycles. The second kappa shape index (κ2) is 9.19. The first-order valence-electron chi connectivity index (χ1n) is 9.18. The van der Waals surface area contributed by atoms with E-state index in [4.69, 9.17) is 9.73 Å². The van der Waals surface area contributed by atoms with Crippen molar-refractivity contribution in [2.45, 2.75) is 52.9 Å². The van der Waals surface area contributed by atoms with E-state index in [1.807, 2.05) is 18.2 Å². The number of methoxy groups -OCH3 is 1. The summed E-state index contributed by atoms with van der Waals surface area (Å²) >= 11 is 0. The Morgan fingerprint density at radius 2 is 1.50 bits per heavy atom. The molecule has 0 unspecified atom stereocenters. The molecule has 0 amide bonds. The lowest BCUT2D eigenvalue weighted by Gasteiger charge is -2.28. The average Bonchev–Trinajstić information content (AvgIpc) is 2.60. The van der Waals surface area contributed by atoms with E-state index >= 15 is 0 Å². The molecule has 0 atom stereocenters. The van der Waals surface area contributed by atoms with Gasteiger partial charge in [0.25, 0.3) is 0 Å². The summed E-state index contributed by atoms with van der Waals surface area (Å²) in [5.74, 6) is 1.74. The molecule has 3 nitrogen and oxygen atoms in total. The highest BCUT2D eigenvalue weighted by Crippen LogP contribution is 2.42. The van der Waals surface area contributed by atoms with Crippen molar-refractivity contribution in [2.24, 2.45) is 4.99 Å². The molecule has 26 heavy (non-hydrogen) atoms. The quantitative estimate of drug-likeness (QED) is 0.373. The number of aliphatic imine (C=N–C) groups is 1. The van der Waals surface area contributed by atoms with Gasteiger partial charge in [-0.3, -0.25) is 0 Å². The predicted molar refractivity (Wildman–Crippen MR) is 115 cm³/mol. The molecular weight excluding hydrogens is 339 g/mol. The van der Waals surface area contributed by atoms with Crippen LogP contribution in [0.4, 0.5) is 5.69 Å². The number of nitrogens with one attached hydrogen (secondary N) is 1. The van der Waals surface area contributed by atoms with E-state index in [0.717, 1.165) is 22.8 Å². The number of hydrogen-bond donors (Lipinski definition) is 1. The van der Waals surface area contributed by atoms with Gasteiger partial charge in [0, 0.05) is 0 Å². The van der Waals surface area contributed by atoms with E-state index in [2.05, 4.69) is 70.9 Å². The number of aryl methyl sites for hydroxylation is 2. The number of benzene rings is 2. The maximum absolute atomic E-state index is 5.61. The molecule has 140 valence electrons. The summed E-state index contributed by atoms with van der Waals surface area (Å²) in [7, 11) is 1.30. The fourth-order valence-electron chi connectivity index (χ4n) is 3.06. The first-order valence-corrected chi connectivity index (χ1v) is 10.7. The Morgan fingerprint density at radius 1 is 0.923 bits per heavy atom. The van der Waals surface area contributed by atoms with Gasteiger partial charge in [-0.25, -0.2) is 4.99 Å². The van der Waals surface area contributed by atoms with E-state index in [0.29, 0.717) is 11.3 Å². The minimum atomic E-state index is -0.411. The van der Waals surface area contributed by atoms with E-state index in [1.54, 1.807) is 7.11 Å². The summed E-state index contributed by atoms with van der Waals surface area (Å²) in [5, 5.41) is 3.78. The third-order valence-corrected chi connectivity index (χ3v) is 7.07. The van der Waals surface area contributed by atoms with E-state index in [1.165, 1.54) is 11.1 Å². The van der Waals surface area contributed by atoms with Crippen LogP contribution in [-0.4, -0.2) is 24.3 Å². The van der Waals surface area contributed by atoms with Crippen molar-refractivity contribution < 1.29 is 4.74 Å². The maximum Gasteiger partial charge on any atom is 0.140 e. The van der Waals surface area contributed by atoms with Crippen LogP contribution in [0.1, 0.15) is 44.4 Å². The van der Waals surface area contributed by atoms with Gasteiger partial charge >= 0.3 is 0 Å². The molecule has 0 aliphatic heterocycles. The standard InChI is InChI=1S/C22H31N2OP/c1-15(2)26(16(3)4)24-22(19-13-8-9-14-20(19)25-7)23-21-17(5)11-10-12-18(21)6/h8-16H,1-7H3,(H,23,24). The molecule has 0 aromatic heterocycles. The molecule has 1 N–H and O–H groups in total. The van der Waals surface area contributed by atoms with E-state index < -0.39 is 8.07 Å². The second-order valence-corrected chi connectivity index (χ2v) is 10.2. The largest absolute Gasteiger partial charge is 0.496 e. The Balaban J connectivity index is 2.60. The monoisotopic (exact) mass is 370 g/mol. The number of hydrogen-bond acceptors (Lipinski definition) is 2. The van der Waals surface area contributed by atoms with Crippen LogP contribution < -0.4 is 9.82 Å². The lowest BCUT2D eigenvalue weighted by Crippen LogP contribution is -2.26. The SMILES string of the molecule is COc1ccccc1C(=Nc1c(C)cccc1C)NP(C(C)C)C(C)C. The molecule has 0 fully saturated rings. The van der Waals surface area contributed by atoms with Crippen LogP contribution in [0.5, 0.6) is 5.75 Å². The fraction of sp³-hybridized carbons (Fsp3) is 0.409. The summed E-state index contributed by atoms with van der Waals surface area (Å²) in [6, 6.07) is 14.4. The van der Waals surface area contributed by atoms with Gasteiger partial charge in [-0.2, -0.15) is 0 Å². The van der Waals surface area contributed by atoms with Gasteiger partial charge in [-0.15, -0.1) is 0 Å². The lowest BCUT2D eigenvalue weighted by atomic mass is 10.1. The third kappa shape index (κ3) is 4.86. The molecule has 0 heterocycles. The zero-order chi connectivity index (χ0) is 19.3. The predicted octanol–water partition coefficient (Wildman–Crippen LogP) is 6.19. The van der Waals surface area contributed by atoms with Crippen LogP contribution in [0.2, 0.25) is 0 Å². The highest BCUT2D eigenvalue weighted by molar-refractivity contribution is 7.57. The Labute approximate surface area is 159 Å². The molecule has 0 aliphatic carbocycles. The number of nitrogens with zero attached hydrogens (tertiary/aromatic N) is 1. The minimum Gasteiger partial charge on any atom is -0.496 e. The van der Waals surface area contributed by atoms with E-state index in [-0.39, 0.29) is 0 Å². The summed E-state index contributed by atoms with van der Waals surface area (Å²) in [5.41, 5.74) is 5.51. The van der Waals surface area contributed by atoms with Crippen LogP contribution in [0.3, 0.4) is 0 Å². The Bertz CT molecular complexity index is 740. The number of para-hydroxylation sites is 2. The summed E-state index contributed by atoms with van der Waals surface area (Å²) in [6.45, 7) is 13.3. The van der Waals surface area contributed by atoms with Crippen LogP contribution in [0.15, 0.2) is 47.5 Å². The number of ether oxygens (including phenoxy) is 1. The number of amidine groups is 1. The van der Waals surface area contributed by atoms with Crippen molar-refractivity contribution in [3.05, 3.63) is 59.2 Å². The normalized spacial score (nSPS) is 12.2. The molecule has 2 rings (SSSR count). The topological polar surface area (TPSA) is 33.6 Å². The van der Waals surface area contributed by atoms with Crippen LogP contribution in [0.25, 0.3) is 0 Å². The lowest BCUT2D eigenvalue weighted by molar-refractivity contribution is 0.414. The molecule has 0 aliphatic rings. The summed E-state index contributed by atoms with van der Waals surface area (Å²) in [4.78, 5) is 5.08. The molecule has 0 radical (unpaired) electrons. The Hall–Kier alpha value is -1.86. The molecule has 2 aromatic rings. The van der Waals surface area contributed by atoms with Gasteiger partial charge < -0.3 is 9.82 Å². The molecule has 0 bridgehead atoms. The molecular formula is C22H31N2OP. The molecule has 4 heteroatoms. The molecule has 0 spiro atoms. The zero-order valence-electron chi connectivity index (χ0n) is 17.0. The van der Waals surface area contributed by atoms with Crippen molar-refractivity contribution in [1.29, 1.82) is 0 Å². The van der Waals surface area contributed by atoms with Gasteiger partial charge in [0.2, 0.25) is 0 Å². The first kappa shape index (κ1) is 20.5. The van der Waals surface area contributed by atoms with Crippen LogP contribution in [-0.2, 0) is 0 Å². The highest BCUT2D eigenvalue weighted by Gasteiger charge is 2.21. The average molecular weight is 370 g/mol. The van der Waals surface area contributed by atoms with Crippen molar-refractivity contribution >= 4 is 19.6 Å². The van der Waals surface area contributed by atoms with Gasteiger partial charge in [-0.05, 0) is 56.5 Å². The highest BCUT2D eigenvalue weighted by atomic mass is 31.1. The Kier molecular flexibility index (Phi) is 7.23.